The number of carbonyl (C=O) groups excluding carboxylic acids is 1. The van der Waals surface area contributed by atoms with Crippen LogP contribution in [0.5, 0.6) is 11.5 Å². The number of hydrogen-bond donors (Lipinski definition) is 2. The van der Waals surface area contributed by atoms with E-state index < -0.39 is 23.7 Å². The predicted molar refractivity (Wildman–Crippen MR) is 103 cm³/mol. The van der Waals surface area contributed by atoms with E-state index in [1.54, 1.807) is 42.2 Å². The number of imidazole rings is 1. The maximum Gasteiger partial charge on any atom is 0.320 e. The van der Waals surface area contributed by atoms with Crippen molar-refractivity contribution < 1.29 is 23.0 Å². The van der Waals surface area contributed by atoms with Crippen LogP contribution in [0.15, 0.2) is 48.8 Å². The van der Waals surface area contributed by atoms with E-state index in [0.717, 1.165) is 12.1 Å². The summed E-state index contributed by atoms with van der Waals surface area (Å²) >= 11 is 0. The number of halogens is 2. The summed E-state index contributed by atoms with van der Waals surface area (Å²) in [6, 6.07) is 6.69. The fourth-order valence-corrected chi connectivity index (χ4v) is 2.83. The highest BCUT2D eigenvalue weighted by atomic mass is 19.1. The second kappa shape index (κ2) is 8.59. The third-order valence-electron chi connectivity index (χ3n) is 4.28. The highest BCUT2D eigenvalue weighted by Gasteiger charge is 2.23. The number of carbonyl (C=O) groups is 1. The lowest BCUT2D eigenvalue weighted by Gasteiger charge is -2.21. The Morgan fingerprint density at radius 3 is 2.34 bits per heavy atom. The molecule has 0 saturated carbocycles. The summed E-state index contributed by atoms with van der Waals surface area (Å²) in [6.07, 6.45) is 3.33. The molecule has 0 saturated heterocycles. The van der Waals surface area contributed by atoms with Gasteiger partial charge in [-0.1, -0.05) is 0 Å². The van der Waals surface area contributed by atoms with Crippen LogP contribution in [0.3, 0.4) is 0 Å². The summed E-state index contributed by atoms with van der Waals surface area (Å²) in [5.74, 6) is -0.00899. The number of urea groups is 1. The molecular formula is C20H20F2N4O3. The number of ether oxygens (including phenoxy) is 2. The van der Waals surface area contributed by atoms with E-state index in [0.29, 0.717) is 29.0 Å². The van der Waals surface area contributed by atoms with Crippen LogP contribution in [0.1, 0.15) is 17.4 Å². The summed E-state index contributed by atoms with van der Waals surface area (Å²) in [6.45, 7) is 0. The first-order valence-corrected chi connectivity index (χ1v) is 8.64. The largest absolute Gasteiger partial charge is 0.497 e. The van der Waals surface area contributed by atoms with Crippen molar-refractivity contribution >= 4 is 11.7 Å². The number of hydrogen-bond acceptors (Lipinski definition) is 4. The van der Waals surface area contributed by atoms with Crippen LogP contribution in [0.25, 0.3) is 0 Å². The zero-order valence-electron chi connectivity index (χ0n) is 16.1. The second-order valence-electron chi connectivity index (χ2n) is 6.20. The van der Waals surface area contributed by atoms with E-state index in [4.69, 9.17) is 9.47 Å². The molecule has 0 aliphatic heterocycles. The zero-order chi connectivity index (χ0) is 21.0. The van der Waals surface area contributed by atoms with Crippen LogP contribution in [-0.2, 0) is 7.05 Å². The van der Waals surface area contributed by atoms with Crippen molar-refractivity contribution in [2.45, 2.75) is 6.04 Å². The summed E-state index contributed by atoms with van der Waals surface area (Å²) in [5.41, 5.74) is 0.496. The molecule has 29 heavy (non-hydrogen) atoms. The number of benzene rings is 2. The highest BCUT2D eigenvalue weighted by Crippen LogP contribution is 2.29. The lowest BCUT2D eigenvalue weighted by Crippen LogP contribution is -2.34. The van der Waals surface area contributed by atoms with E-state index in [9.17, 15) is 13.6 Å². The van der Waals surface area contributed by atoms with Crippen LogP contribution in [-0.4, -0.2) is 29.8 Å². The predicted octanol–water partition coefficient (Wildman–Crippen LogP) is 3.63. The standard InChI is InChI=1S/C20H20F2N4O3/c1-26-7-6-23-19(26)18(12-8-14(28-2)11-15(9-12)29-3)25-20(27)24-17-5-4-13(21)10-16(17)22/h4-11,18H,1-3H3,(H2,24,25,27). The lowest BCUT2D eigenvalue weighted by atomic mass is 10.1. The number of nitrogens with zero attached hydrogens (tertiary/aromatic N) is 2. The average molecular weight is 402 g/mol. The lowest BCUT2D eigenvalue weighted by molar-refractivity contribution is 0.249. The van der Waals surface area contributed by atoms with Gasteiger partial charge >= 0.3 is 6.03 Å². The van der Waals surface area contributed by atoms with E-state index in [-0.39, 0.29) is 5.69 Å². The van der Waals surface area contributed by atoms with Crippen molar-refractivity contribution in [1.29, 1.82) is 0 Å². The van der Waals surface area contributed by atoms with Gasteiger partial charge in [0.2, 0.25) is 0 Å². The second-order valence-corrected chi connectivity index (χ2v) is 6.20. The number of methoxy groups -OCH3 is 2. The minimum Gasteiger partial charge on any atom is -0.497 e. The van der Waals surface area contributed by atoms with Gasteiger partial charge in [0.05, 0.1) is 19.9 Å². The van der Waals surface area contributed by atoms with Gasteiger partial charge in [-0.05, 0) is 29.8 Å². The van der Waals surface area contributed by atoms with Gasteiger partial charge in [-0.2, -0.15) is 0 Å². The molecule has 9 heteroatoms. The Kier molecular flexibility index (Phi) is 5.96. The van der Waals surface area contributed by atoms with Crippen LogP contribution < -0.4 is 20.1 Å². The minimum absolute atomic E-state index is 0.147. The van der Waals surface area contributed by atoms with Gasteiger partial charge in [0.25, 0.3) is 0 Å². The molecule has 1 atom stereocenters. The van der Waals surface area contributed by atoms with Crippen molar-refractivity contribution in [3.8, 4) is 11.5 Å². The summed E-state index contributed by atoms with van der Waals surface area (Å²) < 4.78 is 39.3. The van der Waals surface area contributed by atoms with E-state index in [1.165, 1.54) is 14.2 Å². The number of aryl methyl sites for hydroxylation is 1. The molecule has 0 spiro atoms. The topological polar surface area (TPSA) is 77.4 Å². The highest BCUT2D eigenvalue weighted by molar-refractivity contribution is 5.89. The Morgan fingerprint density at radius 2 is 1.79 bits per heavy atom. The quantitative estimate of drug-likeness (QED) is 0.660. The van der Waals surface area contributed by atoms with Crippen LogP contribution in [0, 0.1) is 11.6 Å². The monoisotopic (exact) mass is 402 g/mol. The first-order valence-electron chi connectivity index (χ1n) is 8.64. The molecule has 1 aromatic heterocycles. The van der Waals surface area contributed by atoms with Crippen LogP contribution in [0.4, 0.5) is 19.3 Å². The van der Waals surface area contributed by atoms with E-state index in [2.05, 4.69) is 15.6 Å². The summed E-state index contributed by atoms with van der Waals surface area (Å²) in [7, 11) is 4.82. The first-order chi connectivity index (χ1) is 13.9. The van der Waals surface area contributed by atoms with Gasteiger partial charge < -0.3 is 24.7 Å². The van der Waals surface area contributed by atoms with Crippen molar-refractivity contribution in [1.82, 2.24) is 14.9 Å². The molecule has 152 valence electrons. The Labute approximate surface area is 166 Å². The number of amides is 2. The van der Waals surface area contributed by atoms with Gasteiger partial charge in [0.1, 0.15) is 35.0 Å². The fraction of sp³-hybridized carbons (Fsp3) is 0.200. The van der Waals surface area contributed by atoms with Crippen LogP contribution >= 0.6 is 0 Å². The fourth-order valence-electron chi connectivity index (χ4n) is 2.83. The van der Waals surface area contributed by atoms with Crippen molar-refractivity contribution in [3.05, 3.63) is 71.8 Å². The molecule has 0 aliphatic carbocycles. The summed E-state index contributed by atoms with van der Waals surface area (Å²) in [5, 5.41) is 5.15. The van der Waals surface area contributed by atoms with Gasteiger partial charge in [0, 0.05) is 31.6 Å². The van der Waals surface area contributed by atoms with Gasteiger partial charge in [-0.3, -0.25) is 0 Å². The van der Waals surface area contributed by atoms with Crippen LogP contribution in [0.2, 0.25) is 0 Å². The van der Waals surface area contributed by atoms with E-state index in [1.807, 2.05) is 0 Å². The molecule has 7 nitrogen and oxygen atoms in total. The number of anilines is 1. The molecule has 0 aliphatic rings. The Hall–Kier alpha value is -3.62. The third kappa shape index (κ3) is 4.63. The first kappa shape index (κ1) is 20.1. The average Bonchev–Trinajstić information content (AvgIpc) is 3.13. The van der Waals surface area contributed by atoms with Gasteiger partial charge in [-0.15, -0.1) is 0 Å². The molecule has 0 bridgehead atoms. The number of aromatic nitrogens is 2. The van der Waals surface area contributed by atoms with Gasteiger partial charge in [0.15, 0.2) is 0 Å². The Morgan fingerprint density at radius 1 is 1.10 bits per heavy atom. The Bertz CT molecular complexity index is 1000. The molecule has 2 amide bonds. The SMILES string of the molecule is COc1cc(OC)cc(C(NC(=O)Nc2ccc(F)cc2F)c2nccn2C)c1. The molecule has 3 aromatic rings. The third-order valence-corrected chi connectivity index (χ3v) is 4.28. The normalized spacial score (nSPS) is 11.6. The summed E-state index contributed by atoms with van der Waals surface area (Å²) in [4.78, 5) is 16.9. The van der Waals surface area contributed by atoms with E-state index >= 15 is 0 Å². The number of rotatable bonds is 6. The maximum absolute atomic E-state index is 13.9. The van der Waals surface area contributed by atoms with Crippen molar-refractivity contribution in [2.24, 2.45) is 7.05 Å². The molecule has 2 N–H and O–H groups in total. The van der Waals surface area contributed by atoms with Crippen molar-refractivity contribution in [2.75, 3.05) is 19.5 Å². The molecular weight excluding hydrogens is 382 g/mol. The van der Waals surface area contributed by atoms with Gasteiger partial charge in [-0.25, -0.2) is 18.6 Å². The molecule has 2 aromatic carbocycles. The smallest absolute Gasteiger partial charge is 0.320 e. The molecule has 1 unspecified atom stereocenters. The minimum atomic E-state index is -0.878. The molecule has 1 heterocycles. The molecule has 0 fully saturated rings. The maximum atomic E-state index is 13.9. The van der Waals surface area contributed by atoms with Crippen molar-refractivity contribution in [3.63, 3.8) is 0 Å². The Balaban J connectivity index is 1.93. The zero-order valence-corrected chi connectivity index (χ0v) is 16.1. The molecule has 0 radical (unpaired) electrons. The number of nitrogens with one attached hydrogen (secondary N) is 2. The molecule has 3 rings (SSSR count).